The Hall–Kier alpha value is -0.850. The third kappa shape index (κ3) is 19.5. The summed E-state index contributed by atoms with van der Waals surface area (Å²) in [6.07, 6.45) is 40.5. The van der Waals surface area contributed by atoms with Crippen LogP contribution in [-0.2, 0) is 0 Å². The number of hydrogen-bond acceptors (Lipinski definition) is 0. The van der Waals surface area contributed by atoms with Crippen molar-refractivity contribution in [1.82, 2.24) is 0 Å². The van der Waals surface area contributed by atoms with Gasteiger partial charge in [-0.15, -0.1) is 0 Å². The Labute approximate surface area is 215 Å². The number of rotatable bonds is 26. The summed E-state index contributed by atoms with van der Waals surface area (Å²) in [6.45, 7) is 4.61. The molecule has 1 nitrogen and oxygen atoms in total. The molecular formula is C33H62N+. The Balaban J connectivity index is 1.99. The van der Waals surface area contributed by atoms with E-state index >= 15 is 0 Å². The lowest BCUT2D eigenvalue weighted by molar-refractivity contribution is -0.724. The van der Waals surface area contributed by atoms with Gasteiger partial charge in [-0.3, -0.25) is 0 Å². The number of hydrogen-bond donors (Lipinski definition) is 0. The highest BCUT2D eigenvalue weighted by Crippen LogP contribution is 2.20. The Kier molecular flexibility index (Phi) is 23.2. The lowest BCUT2D eigenvalue weighted by Crippen LogP contribution is -2.38. The van der Waals surface area contributed by atoms with Gasteiger partial charge in [0.25, 0.3) is 0 Å². The van der Waals surface area contributed by atoms with Crippen molar-refractivity contribution >= 4 is 0 Å². The highest BCUT2D eigenvalue weighted by atomic mass is 15.0. The quantitative estimate of drug-likeness (QED) is 0.0932. The molecule has 34 heavy (non-hydrogen) atoms. The van der Waals surface area contributed by atoms with Crippen molar-refractivity contribution in [2.24, 2.45) is 0 Å². The van der Waals surface area contributed by atoms with Gasteiger partial charge in [-0.25, -0.2) is 4.57 Å². The summed E-state index contributed by atoms with van der Waals surface area (Å²) in [6, 6.07) is 7.26. The van der Waals surface area contributed by atoms with Gasteiger partial charge < -0.3 is 0 Å². The van der Waals surface area contributed by atoms with Crippen LogP contribution in [0.25, 0.3) is 0 Å². The molecule has 1 rings (SSSR count). The lowest BCUT2D eigenvalue weighted by atomic mass is 9.99. The van der Waals surface area contributed by atoms with E-state index < -0.39 is 0 Å². The van der Waals surface area contributed by atoms with Gasteiger partial charge in [0, 0.05) is 25.0 Å². The van der Waals surface area contributed by atoms with Crippen LogP contribution in [-0.4, -0.2) is 0 Å². The minimum Gasteiger partial charge on any atom is -0.202 e. The van der Waals surface area contributed by atoms with Gasteiger partial charge >= 0.3 is 0 Å². The fourth-order valence-corrected chi connectivity index (χ4v) is 5.36. The van der Waals surface area contributed by atoms with E-state index in [1.807, 2.05) is 0 Å². The summed E-state index contributed by atoms with van der Waals surface area (Å²) >= 11 is 0. The molecule has 1 heteroatoms. The van der Waals surface area contributed by atoms with Crippen molar-refractivity contribution in [2.45, 2.75) is 180 Å². The second kappa shape index (κ2) is 25.2. The first-order valence-corrected chi connectivity index (χ1v) is 15.8. The molecule has 1 aromatic heterocycles. The smallest absolute Gasteiger partial charge is 0.169 e. The van der Waals surface area contributed by atoms with Gasteiger partial charge in [-0.2, -0.15) is 0 Å². The van der Waals surface area contributed by atoms with E-state index in [0.717, 1.165) is 0 Å². The first kappa shape index (κ1) is 31.2. The molecule has 0 N–H and O–H groups in total. The molecule has 0 aromatic carbocycles. The van der Waals surface area contributed by atoms with Crippen molar-refractivity contribution in [3.63, 3.8) is 0 Å². The molecule has 0 spiro atoms. The topological polar surface area (TPSA) is 3.88 Å². The maximum Gasteiger partial charge on any atom is 0.169 e. The molecule has 0 radical (unpaired) electrons. The zero-order valence-electron chi connectivity index (χ0n) is 23.6. The van der Waals surface area contributed by atoms with Crippen molar-refractivity contribution in [3.8, 4) is 0 Å². The molecular weight excluding hydrogens is 410 g/mol. The Morgan fingerprint density at radius 3 is 1.00 bits per heavy atom. The molecule has 0 saturated carbocycles. The molecule has 0 aliphatic carbocycles. The average molecular weight is 473 g/mol. The predicted molar refractivity (Wildman–Crippen MR) is 152 cm³/mol. The molecule has 0 fully saturated rings. The van der Waals surface area contributed by atoms with Crippen molar-refractivity contribution < 1.29 is 4.57 Å². The number of pyridine rings is 1. The Morgan fingerprint density at radius 2 is 0.676 bits per heavy atom. The van der Waals surface area contributed by atoms with Crippen LogP contribution in [0.5, 0.6) is 0 Å². The second-order valence-electron chi connectivity index (χ2n) is 11.0. The van der Waals surface area contributed by atoms with Gasteiger partial charge in [0.2, 0.25) is 0 Å². The fourth-order valence-electron chi connectivity index (χ4n) is 5.36. The zero-order valence-corrected chi connectivity index (χ0v) is 23.6. The van der Waals surface area contributed by atoms with Crippen LogP contribution < -0.4 is 4.57 Å². The van der Waals surface area contributed by atoms with Crippen LogP contribution in [0.3, 0.4) is 0 Å². The normalized spacial score (nSPS) is 12.3. The SMILES string of the molecule is CCCCCCCCCCCCCCCCCC[C@H](CCCCCCCCC)[n+]1ccccc1. The fraction of sp³-hybridized carbons (Fsp3) is 0.848. The maximum absolute atomic E-state index is 2.49. The first-order valence-electron chi connectivity index (χ1n) is 15.8. The van der Waals surface area contributed by atoms with E-state index in [9.17, 15) is 0 Å². The van der Waals surface area contributed by atoms with E-state index in [2.05, 4.69) is 49.0 Å². The van der Waals surface area contributed by atoms with Crippen LogP contribution in [0.1, 0.15) is 180 Å². The number of nitrogens with zero attached hydrogens (tertiary/aromatic N) is 1. The second-order valence-corrected chi connectivity index (χ2v) is 11.0. The van der Waals surface area contributed by atoms with Crippen molar-refractivity contribution in [1.29, 1.82) is 0 Å². The first-order chi connectivity index (χ1) is 16.9. The summed E-state index contributed by atoms with van der Waals surface area (Å²) < 4.78 is 2.49. The molecule has 1 atom stereocenters. The molecule has 1 heterocycles. The third-order valence-corrected chi connectivity index (χ3v) is 7.69. The van der Waals surface area contributed by atoms with Gasteiger partial charge in [-0.1, -0.05) is 155 Å². The minimum atomic E-state index is 0.712. The molecule has 0 aliphatic rings. The third-order valence-electron chi connectivity index (χ3n) is 7.69. The highest BCUT2D eigenvalue weighted by molar-refractivity contribution is 4.84. The van der Waals surface area contributed by atoms with E-state index in [1.54, 1.807) is 0 Å². The highest BCUT2D eigenvalue weighted by Gasteiger charge is 2.16. The van der Waals surface area contributed by atoms with Crippen LogP contribution in [0, 0.1) is 0 Å². The predicted octanol–water partition coefficient (Wildman–Crippen LogP) is 11.3. The molecule has 0 bridgehead atoms. The van der Waals surface area contributed by atoms with E-state index in [0.29, 0.717) is 6.04 Å². The molecule has 0 amide bonds. The van der Waals surface area contributed by atoms with Crippen LogP contribution in [0.15, 0.2) is 30.6 Å². The minimum absolute atomic E-state index is 0.712. The molecule has 198 valence electrons. The van der Waals surface area contributed by atoms with Crippen LogP contribution >= 0.6 is 0 Å². The summed E-state index contributed by atoms with van der Waals surface area (Å²) in [5, 5.41) is 0. The molecule has 1 aromatic rings. The van der Waals surface area contributed by atoms with Gasteiger partial charge in [0.05, 0.1) is 0 Å². The van der Waals surface area contributed by atoms with Crippen LogP contribution in [0.4, 0.5) is 0 Å². The number of unbranched alkanes of at least 4 members (excludes halogenated alkanes) is 21. The largest absolute Gasteiger partial charge is 0.202 e. The van der Waals surface area contributed by atoms with Crippen molar-refractivity contribution in [2.75, 3.05) is 0 Å². The Morgan fingerprint density at radius 1 is 0.382 bits per heavy atom. The summed E-state index contributed by atoms with van der Waals surface area (Å²) in [7, 11) is 0. The summed E-state index contributed by atoms with van der Waals surface area (Å²) in [4.78, 5) is 0. The van der Waals surface area contributed by atoms with Crippen molar-refractivity contribution in [3.05, 3.63) is 30.6 Å². The summed E-state index contributed by atoms with van der Waals surface area (Å²) in [5.41, 5.74) is 0. The zero-order chi connectivity index (χ0) is 24.4. The van der Waals surface area contributed by atoms with E-state index in [-0.39, 0.29) is 0 Å². The molecule has 0 saturated heterocycles. The van der Waals surface area contributed by atoms with Gasteiger partial charge in [0.15, 0.2) is 18.4 Å². The lowest BCUT2D eigenvalue weighted by Gasteiger charge is -2.13. The monoisotopic (exact) mass is 472 g/mol. The molecule has 0 unspecified atom stereocenters. The van der Waals surface area contributed by atoms with E-state index in [1.165, 1.54) is 161 Å². The van der Waals surface area contributed by atoms with Gasteiger partial charge in [-0.05, 0) is 12.8 Å². The van der Waals surface area contributed by atoms with Gasteiger partial charge in [0.1, 0.15) is 0 Å². The maximum atomic E-state index is 2.49. The Bertz CT molecular complexity index is 497. The summed E-state index contributed by atoms with van der Waals surface area (Å²) in [5.74, 6) is 0. The standard InChI is InChI=1S/C33H62N/c1-3-5-7-9-11-12-13-14-15-16-17-18-19-21-23-26-30-33(34-31-27-24-28-32-34)29-25-22-20-10-8-6-4-2/h24,27-28,31-33H,3-23,25-26,29-30H2,1-2H3/q+1/t33-/m0/s1. The van der Waals surface area contributed by atoms with E-state index in [4.69, 9.17) is 0 Å². The molecule has 0 aliphatic heterocycles. The van der Waals surface area contributed by atoms with Crippen LogP contribution in [0.2, 0.25) is 0 Å². The average Bonchev–Trinajstić information content (AvgIpc) is 2.87. The number of aromatic nitrogens is 1.